The third-order valence-electron chi connectivity index (χ3n) is 4.52. The Kier molecular flexibility index (Phi) is 5.49. The molecule has 1 saturated carbocycles. The average molecular weight is 401 g/mol. The Hall–Kier alpha value is -2.26. The minimum absolute atomic E-state index is 0.0403. The lowest BCUT2D eigenvalue weighted by atomic mass is 10.3. The van der Waals surface area contributed by atoms with Gasteiger partial charge < -0.3 is 0 Å². The number of hydrogen-bond acceptors (Lipinski definition) is 7. The van der Waals surface area contributed by atoms with E-state index < -0.39 is 0 Å². The first kappa shape index (κ1) is 18.1. The number of benzene rings is 1. The summed E-state index contributed by atoms with van der Waals surface area (Å²) in [6.45, 7) is 1.93. The Morgan fingerprint density at radius 3 is 2.78 bits per heavy atom. The van der Waals surface area contributed by atoms with Crippen molar-refractivity contribution in [2.45, 2.75) is 43.8 Å². The molecule has 2 heterocycles. The molecule has 2 aromatic heterocycles. The fourth-order valence-corrected chi connectivity index (χ4v) is 4.86. The van der Waals surface area contributed by atoms with Gasteiger partial charge in [0.25, 0.3) is 0 Å². The van der Waals surface area contributed by atoms with E-state index in [4.69, 9.17) is 0 Å². The summed E-state index contributed by atoms with van der Waals surface area (Å²) in [5.41, 5.74) is 1.72. The first-order valence-electron chi connectivity index (χ1n) is 8.93. The van der Waals surface area contributed by atoms with Crippen LogP contribution in [0, 0.1) is 6.92 Å². The maximum absolute atomic E-state index is 13.1. The number of rotatable bonds is 6. The van der Waals surface area contributed by atoms with E-state index in [1.54, 1.807) is 4.90 Å². The molecule has 0 N–H and O–H groups in total. The Morgan fingerprint density at radius 2 is 2.07 bits per heavy atom. The van der Waals surface area contributed by atoms with E-state index in [-0.39, 0.29) is 11.7 Å². The zero-order valence-electron chi connectivity index (χ0n) is 15.0. The third kappa shape index (κ3) is 4.03. The lowest BCUT2D eigenvalue weighted by Gasteiger charge is -2.20. The summed E-state index contributed by atoms with van der Waals surface area (Å²) in [7, 11) is 0. The van der Waals surface area contributed by atoms with Crippen LogP contribution in [0.3, 0.4) is 0 Å². The molecule has 0 aliphatic heterocycles. The number of hydrogen-bond donors (Lipinski definition) is 0. The van der Waals surface area contributed by atoms with Gasteiger partial charge in [-0.15, -0.1) is 16.4 Å². The Bertz CT molecular complexity index is 903. The molecule has 4 rings (SSSR count). The predicted molar refractivity (Wildman–Crippen MR) is 106 cm³/mol. The topological polar surface area (TPSA) is 76.8 Å². The second kappa shape index (κ2) is 8.18. The zero-order chi connectivity index (χ0) is 18.6. The Balaban J connectivity index is 1.52. The fourth-order valence-electron chi connectivity index (χ4n) is 3.23. The van der Waals surface area contributed by atoms with Gasteiger partial charge in [0.05, 0.1) is 23.2 Å². The smallest absolute Gasteiger partial charge is 0.243 e. The van der Waals surface area contributed by atoms with Gasteiger partial charge in [-0.25, -0.2) is 9.67 Å². The molecular formula is C18H20N6OS2. The molecule has 0 bridgehead atoms. The number of aryl methyl sites for hydroxylation is 1. The van der Waals surface area contributed by atoms with Crippen LogP contribution < -0.4 is 4.90 Å². The molecule has 9 heteroatoms. The van der Waals surface area contributed by atoms with Crippen molar-refractivity contribution < 1.29 is 4.79 Å². The quantitative estimate of drug-likeness (QED) is 0.582. The van der Waals surface area contributed by atoms with Crippen LogP contribution in [0.15, 0.2) is 40.9 Å². The summed E-state index contributed by atoms with van der Waals surface area (Å²) in [5.74, 6) is 0.210. The van der Waals surface area contributed by atoms with E-state index in [1.807, 2.05) is 47.3 Å². The van der Waals surface area contributed by atoms with Crippen LogP contribution in [-0.4, -0.2) is 36.9 Å². The largest absolute Gasteiger partial charge is 0.273 e. The molecule has 1 amide bonds. The van der Waals surface area contributed by atoms with Crippen molar-refractivity contribution in [2.24, 2.45) is 0 Å². The van der Waals surface area contributed by atoms with Gasteiger partial charge in [0, 0.05) is 5.38 Å². The van der Waals surface area contributed by atoms with Crippen molar-refractivity contribution in [1.82, 2.24) is 25.2 Å². The summed E-state index contributed by atoms with van der Waals surface area (Å²) in [5, 5.41) is 15.4. The average Bonchev–Trinajstić information content (AvgIpc) is 3.43. The second-order valence-electron chi connectivity index (χ2n) is 6.47. The number of anilines is 2. The minimum atomic E-state index is -0.0403. The van der Waals surface area contributed by atoms with Crippen LogP contribution in [0.4, 0.5) is 10.8 Å². The molecule has 0 atom stereocenters. The van der Waals surface area contributed by atoms with Gasteiger partial charge in [0.1, 0.15) is 0 Å². The van der Waals surface area contributed by atoms with Gasteiger partial charge in [-0.1, -0.05) is 42.8 Å². The van der Waals surface area contributed by atoms with Gasteiger partial charge in [0.15, 0.2) is 5.13 Å². The molecule has 7 nitrogen and oxygen atoms in total. The number of para-hydroxylation sites is 1. The highest BCUT2D eigenvalue weighted by Crippen LogP contribution is 2.33. The van der Waals surface area contributed by atoms with Crippen LogP contribution in [0.2, 0.25) is 0 Å². The molecule has 0 spiro atoms. The fraction of sp³-hybridized carbons (Fsp3) is 0.389. The second-order valence-corrected chi connectivity index (χ2v) is 8.25. The zero-order valence-corrected chi connectivity index (χ0v) is 16.6. The van der Waals surface area contributed by atoms with E-state index in [2.05, 4.69) is 20.5 Å². The summed E-state index contributed by atoms with van der Waals surface area (Å²) < 4.78 is 1.88. The highest BCUT2D eigenvalue weighted by molar-refractivity contribution is 7.99. The van der Waals surface area contributed by atoms with Gasteiger partial charge >= 0.3 is 0 Å². The van der Waals surface area contributed by atoms with E-state index in [0.29, 0.717) is 16.3 Å². The molecule has 1 aliphatic carbocycles. The molecule has 1 fully saturated rings. The lowest BCUT2D eigenvalue weighted by Crippen LogP contribution is -2.27. The van der Waals surface area contributed by atoms with Crippen LogP contribution in [0.5, 0.6) is 0 Å². The molecule has 0 radical (unpaired) electrons. The molecule has 140 valence electrons. The Labute approximate surface area is 165 Å². The molecule has 3 aromatic rings. The van der Waals surface area contributed by atoms with E-state index in [9.17, 15) is 4.79 Å². The van der Waals surface area contributed by atoms with Crippen LogP contribution in [0.25, 0.3) is 0 Å². The summed E-state index contributed by atoms with van der Waals surface area (Å²) >= 11 is 2.85. The van der Waals surface area contributed by atoms with Gasteiger partial charge in [-0.05, 0) is 42.3 Å². The predicted octanol–water partition coefficient (Wildman–Crippen LogP) is 4.01. The normalized spacial score (nSPS) is 14.6. The van der Waals surface area contributed by atoms with E-state index >= 15 is 0 Å². The van der Waals surface area contributed by atoms with Gasteiger partial charge in [0.2, 0.25) is 11.1 Å². The molecule has 0 saturated heterocycles. The van der Waals surface area contributed by atoms with Crippen LogP contribution >= 0.6 is 23.1 Å². The van der Waals surface area contributed by atoms with Crippen LogP contribution in [-0.2, 0) is 4.79 Å². The third-order valence-corrected chi connectivity index (χ3v) is 6.38. The highest BCUT2D eigenvalue weighted by atomic mass is 32.2. The van der Waals surface area contributed by atoms with Gasteiger partial charge in [-0.2, -0.15) is 0 Å². The van der Waals surface area contributed by atoms with Crippen molar-refractivity contribution in [3.8, 4) is 0 Å². The number of aromatic nitrogens is 5. The highest BCUT2D eigenvalue weighted by Gasteiger charge is 2.25. The number of carbonyl (C=O) groups excluding carboxylic acids is 1. The monoisotopic (exact) mass is 400 g/mol. The van der Waals surface area contributed by atoms with E-state index in [0.717, 1.165) is 24.2 Å². The van der Waals surface area contributed by atoms with Crippen molar-refractivity contribution in [3.05, 3.63) is 41.4 Å². The van der Waals surface area contributed by atoms with Gasteiger partial charge in [-0.3, -0.25) is 9.69 Å². The molecule has 27 heavy (non-hydrogen) atoms. The summed E-state index contributed by atoms with van der Waals surface area (Å²) in [6, 6.07) is 9.96. The maximum Gasteiger partial charge on any atom is 0.243 e. The molecule has 1 aliphatic rings. The molecule has 1 aromatic carbocycles. The summed E-state index contributed by atoms with van der Waals surface area (Å²) in [4.78, 5) is 19.3. The van der Waals surface area contributed by atoms with E-state index in [1.165, 1.54) is 35.9 Å². The number of thiazole rings is 1. The standard InChI is InChI=1S/C18H20N6OS2/c1-13-11-26-17(19-13)23(14-7-3-2-4-8-14)16(25)12-27-18-20-21-22-24(18)15-9-5-6-10-15/h2-4,7-8,11,15H,5-6,9-10,12H2,1H3. The van der Waals surface area contributed by atoms with Crippen molar-refractivity contribution in [2.75, 3.05) is 10.7 Å². The number of carbonyl (C=O) groups is 1. The molecule has 0 unspecified atom stereocenters. The number of nitrogens with zero attached hydrogens (tertiary/aromatic N) is 6. The SMILES string of the molecule is Cc1csc(N(C(=O)CSc2nnnn2C2CCCC2)c2ccccc2)n1. The van der Waals surface area contributed by atoms with Crippen molar-refractivity contribution in [3.63, 3.8) is 0 Å². The number of tetrazole rings is 1. The van der Waals surface area contributed by atoms with Crippen molar-refractivity contribution >= 4 is 39.8 Å². The Morgan fingerprint density at radius 1 is 1.30 bits per heavy atom. The molecular weight excluding hydrogens is 380 g/mol. The first-order chi connectivity index (χ1) is 13.2. The summed E-state index contributed by atoms with van der Waals surface area (Å²) in [6.07, 6.45) is 4.61. The van der Waals surface area contributed by atoms with Crippen molar-refractivity contribution in [1.29, 1.82) is 0 Å². The maximum atomic E-state index is 13.1. The first-order valence-corrected chi connectivity index (χ1v) is 10.8. The minimum Gasteiger partial charge on any atom is -0.273 e. The number of amides is 1. The lowest BCUT2D eigenvalue weighted by molar-refractivity contribution is -0.115. The van der Waals surface area contributed by atoms with Crippen LogP contribution in [0.1, 0.15) is 37.4 Å². The number of thioether (sulfide) groups is 1.